The maximum Gasteiger partial charge on any atom is 0.260 e. The van der Waals surface area contributed by atoms with Crippen LogP contribution in [0.1, 0.15) is 19.3 Å². The van der Waals surface area contributed by atoms with E-state index in [1.54, 1.807) is 14.2 Å². The summed E-state index contributed by atoms with van der Waals surface area (Å²) in [5.41, 5.74) is 0.162. The van der Waals surface area contributed by atoms with Crippen molar-refractivity contribution in [2.24, 2.45) is 11.3 Å². The first-order valence-electron chi connectivity index (χ1n) is 8.21. The molecule has 23 heavy (non-hydrogen) atoms. The molecule has 126 valence electrons. The minimum Gasteiger partial charge on any atom is -0.493 e. The Morgan fingerprint density at radius 1 is 1.30 bits per heavy atom. The predicted molar refractivity (Wildman–Crippen MR) is 86.7 cm³/mol. The highest BCUT2D eigenvalue weighted by atomic mass is 16.5. The summed E-state index contributed by atoms with van der Waals surface area (Å²) < 4.78 is 16.3. The average Bonchev–Trinajstić information content (AvgIpc) is 3.10. The van der Waals surface area contributed by atoms with Crippen molar-refractivity contribution in [2.75, 3.05) is 40.5 Å². The first-order chi connectivity index (χ1) is 11.2. The standard InChI is InChI=1S/C18H25NO4/c1-21-13-18-9-5-6-14(18)10-19(12-18)17(20)11-23-16-8-4-3-7-15(16)22-2/h3-4,7-8,14H,5-6,9-13H2,1-2H3/t14-,18+/m0/s1. The van der Waals surface area contributed by atoms with Gasteiger partial charge < -0.3 is 19.1 Å². The van der Waals surface area contributed by atoms with Crippen LogP contribution < -0.4 is 9.47 Å². The maximum atomic E-state index is 12.5. The summed E-state index contributed by atoms with van der Waals surface area (Å²) >= 11 is 0. The number of hydrogen-bond acceptors (Lipinski definition) is 4. The van der Waals surface area contributed by atoms with Crippen LogP contribution in [-0.4, -0.2) is 51.3 Å². The third-order valence-electron chi connectivity index (χ3n) is 5.24. The van der Waals surface area contributed by atoms with Gasteiger partial charge in [0.1, 0.15) is 0 Å². The molecule has 2 atom stereocenters. The van der Waals surface area contributed by atoms with E-state index in [4.69, 9.17) is 14.2 Å². The van der Waals surface area contributed by atoms with Gasteiger partial charge in [-0.15, -0.1) is 0 Å². The van der Waals surface area contributed by atoms with Gasteiger partial charge in [0.05, 0.1) is 13.7 Å². The second-order valence-electron chi connectivity index (χ2n) is 6.60. The molecule has 1 aliphatic heterocycles. The Morgan fingerprint density at radius 2 is 2.09 bits per heavy atom. The molecule has 5 heteroatoms. The van der Waals surface area contributed by atoms with E-state index in [1.165, 1.54) is 12.8 Å². The highest BCUT2D eigenvalue weighted by Crippen LogP contribution is 2.48. The van der Waals surface area contributed by atoms with E-state index in [2.05, 4.69) is 0 Å². The number of carbonyl (C=O) groups excluding carboxylic acids is 1. The zero-order valence-electron chi connectivity index (χ0n) is 13.9. The van der Waals surface area contributed by atoms with Crippen molar-refractivity contribution in [3.8, 4) is 11.5 Å². The van der Waals surface area contributed by atoms with E-state index in [-0.39, 0.29) is 17.9 Å². The van der Waals surface area contributed by atoms with Gasteiger partial charge in [-0.25, -0.2) is 0 Å². The van der Waals surface area contributed by atoms with Crippen LogP contribution in [0.25, 0.3) is 0 Å². The number of hydrogen-bond donors (Lipinski definition) is 0. The molecule has 0 N–H and O–H groups in total. The lowest BCUT2D eigenvalue weighted by molar-refractivity contribution is -0.133. The molecule has 1 heterocycles. The summed E-state index contributed by atoms with van der Waals surface area (Å²) in [6.07, 6.45) is 3.59. The molecular weight excluding hydrogens is 294 g/mol. The number of ether oxygens (including phenoxy) is 3. The van der Waals surface area contributed by atoms with Crippen molar-refractivity contribution in [3.63, 3.8) is 0 Å². The zero-order valence-corrected chi connectivity index (χ0v) is 13.9. The fourth-order valence-electron chi connectivity index (χ4n) is 4.10. The van der Waals surface area contributed by atoms with Crippen molar-refractivity contribution in [1.82, 2.24) is 4.90 Å². The summed E-state index contributed by atoms with van der Waals surface area (Å²) in [5, 5.41) is 0. The summed E-state index contributed by atoms with van der Waals surface area (Å²) in [5.74, 6) is 1.86. The second-order valence-corrected chi connectivity index (χ2v) is 6.60. The lowest BCUT2D eigenvalue weighted by Gasteiger charge is -2.27. The van der Waals surface area contributed by atoms with Gasteiger partial charge >= 0.3 is 0 Å². The van der Waals surface area contributed by atoms with Crippen molar-refractivity contribution in [2.45, 2.75) is 19.3 Å². The smallest absolute Gasteiger partial charge is 0.260 e. The van der Waals surface area contributed by atoms with E-state index >= 15 is 0 Å². The Labute approximate surface area is 137 Å². The topological polar surface area (TPSA) is 48.0 Å². The molecule has 3 rings (SSSR count). The fraction of sp³-hybridized carbons (Fsp3) is 0.611. The van der Waals surface area contributed by atoms with Crippen LogP contribution in [0.15, 0.2) is 24.3 Å². The summed E-state index contributed by atoms with van der Waals surface area (Å²) in [6.45, 7) is 2.42. The number of fused-ring (bicyclic) bond motifs is 1. The van der Waals surface area contributed by atoms with E-state index in [0.717, 1.165) is 26.1 Å². The zero-order chi connectivity index (χ0) is 16.3. The third kappa shape index (κ3) is 3.15. The Hall–Kier alpha value is -1.75. The number of para-hydroxylation sites is 2. The Balaban J connectivity index is 1.59. The van der Waals surface area contributed by atoms with Crippen molar-refractivity contribution >= 4 is 5.91 Å². The van der Waals surface area contributed by atoms with Gasteiger partial charge in [-0.3, -0.25) is 4.79 Å². The molecule has 0 aromatic heterocycles. The molecule has 1 amide bonds. The molecule has 2 fully saturated rings. The number of carbonyl (C=O) groups is 1. The van der Waals surface area contributed by atoms with Crippen molar-refractivity contribution in [1.29, 1.82) is 0 Å². The van der Waals surface area contributed by atoms with E-state index in [9.17, 15) is 4.79 Å². The Bertz CT molecular complexity index is 562. The van der Waals surface area contributed by atoms with Gasteiger partial charge in [-0.2, -0.15) is 0 Å². The Kier molecular flexibility index (Phi) is 4.76. The van der Waals surface area contributed by atoms with Crippen LogP contribution in [0.5, 0.6) is 11.5 Å². The van der Waals surface area contributed by atoms with Gasteiger partial charge in [-0.1, -0.05) is 18.6 Å². The molecule has 1 aromatic rings. The van der Waals surface area contributed by atoms with Crippen LogP contribution in [0.2, 0.25) is 0 Å². The van der Waals surface area contributed by atoms with Crippen molar-refractivity contribution < 1.29 is 19.0 Å². The van der Waals surface area contributed by atoms with Crippen LogP contribution >= 0.6 is 0 Å². The Morgan fingerprint density at radius 3 is 2.83 bits per heavy atom. The fourth-order valence-corrected chi connectivity index (χ4v) is 4.10. The first kappa shape index (κ1) is 16.1. The molecule has 2 aliphatic rings. The highest BCUT2D eigenvalue weighted by Gasteiger charge is 2.50. The van der Waals surface area contributed by atoms with Crippen LogP contribution in [-0.2, 0) is 9.53 Å². The maximum absolute atomic E-state index is 12.5. The SMILES string of the molecule is COC[C@]12CCC[C@H]1CN(C(=O)COc1ccccc1OC)C2. The van der Waals surface area contributed by atoms with Gasteiger partial charge in [0.2, 0.25) is 0 Å². The van der Waals surface area contributed by atoms with Gasteiger partial charge in [0, 0.05) is 25.6 Å². The van der Waals surface area contributed by atoms with Crippen molar-refractivity contribution in [3.05, 3.63) is 24.3 Å². The predicted octanol–water partition coefficient (Wildman–Crippen LogP) is 2.35. The normalized spacial score (nSPS) is 26.2. The molecule has 1 saturated carbocycles. The number of methoxy groups -OCH3 is 2. The number of nitrogens with zero attached hydrogens (tertiary/aromatic N) is 1. The molecular formula is C18H25NO4. The summed E-state index contributed by atoms with van der Waals surface area (Å²) in [6, 6.07) is 7.39. The van der Waals surface area contributed by atoms with E-state index < -0.39 is 0 Å². The molecule has 0 spiro atoms. The van der Waals surface area contributed by atoms with Gasteiger partial charge in [0.25, 0.3) is 5.91 Å². The van der Waals surface area contributed by atoms with Crippen LogP contribution in [0.3, 0.4) is 0 Å². The largest absolute Gasteiger partial charge is 0.493 e. The van der Waals surface area contributed by atoms with Crippen LogP contribution in [0.4, 0.5) is 0 Å². The molecule has 0 unspecified atom stereocenters. The molecule has 1 aliphatic carbocycles. The van der Waals surface area contributed by atoms with Gasteiger partial charge in [-0.05, 0) is 30.9 Å². The molecule has 5 nitrogen and oxygen atoms in total. The van der Waals surface area contributed by atoms with Gasteiger partial charge in [0.15, 0.2) is 18.1 Å². The minimum atomic E-state index is 0.0424. The first-order valence-corrected chi connectivity index (χ1v) is 8.21. The highest BCUT2D eigenvalue weighted by molar-refractivity contribution is 5.78. The van der Waals surface area contributed by atoms with Crippen LogP contribution in [0, 0.1) is 11.3 Å². The average molecular weight is 319 g/mol. The third-order valence-corrected chi connectivity index (χ3v) is 5.24. The monoisotopic (exact) mass is 319 g/mol. The number of likely N-dealkylation sites (tertiary alicyclic amines) is 1. The van der Waals surface area contributed by atoms with E-state index in [0.29, 0.717) is 17.4 Å². The quantitative estimate of drug-likeness (QED) is 0.807. The van der Waals surface area contributed by atoms with E-state index in [1.807, 2.05) is 29.2 Å². The number of amides is 1. The lowest BCUT2D eigenvalue weighted by Crippen LogP contribution is -2.36. The second kappa shape index (κ2) is 6.79. The number of rotatable bonds is 6. The molecule has 1 saturated heterocycles. The number of benzene rings is 1. The summed E-state index contributed by atoms with van der Waals surface area (Å²) in [4.78, 5) is 14.5. The molecule has 0 radical (unpaired) electrons. The lowest BCUT2D eigenvalue weighted by atomic mass is 9.82. The molecule has 1 aromatic carbocycles. The minimum absolute atomic E-state index is 0.0424. The summed E-state index contributed by atoms with van der Waals surface area (Å²) in [7, 11) is 3.35. The molecule has 0 bridgehead atoms.